The molecule has 21 N–H and O–H groups in total. The van der Waals surface area contributed by atoms with Crippen LogP contribution in [0.15, 0.2) is 16.8 Å². The quantitative estimate of drug-likeness (QED) is 0.00918. The summed E-state index contributed by atoms with van der Waals surface area (Å²) in [5, 5.41) is 206. The average Bonchev–Trinajstić information content (AvgIpc) is 0.670. The van der Waals surface area contributed by atoms with Crippen LogP contribution in [-0.2, 0) is 71.2 Å². The number of carbonyl (C=O) groups excluding carboxylic acids is 2. The first-order chi connectivity index (χ1) is 49.9. The van der Waals surface area contributed by atoms with E-state index in [1.807, 2.05) is 0 Å². The fraction of sp³-hybridized carbons (Fsp3) is 0.914. The van der Waals surface area contributed by atoms with E-state index in [2.05, 4.69) is 51.2 Å². The number of nitrogens with zero attached hydrogens (tertiary/aromatic N) is 1. The highest BCUT2D eigenvalue weighted by atomic mass is 16.8. The minimum absolute atomic E-state index is 0.0131. The van der Waals surface area contributed by atoms with Gasteiger partial charge in [0.15, 0.2) is 43.7 Å². The lowest BCUT2D eigenvalue weighted by Gasteiger charge is -2.71. The number of aliphatic carboxylic acids is 1. The predicted molar refractivity (Wildman–Crippen MR) is 355 cm³/mol. The fourth-order valence-electron chi connectivity index (χ4n) is 20.0. The van der Waals surface area contributed by atoms with E-state index in [1.165, 1.54) is 13.1 Å². The van der Waals surface area contributed by atoms with Gasteiger partial charge in [-0.15, -0.1) is 5.16 Å². The molecule has 1 amide bonds. The average molecular weight is 1520 g/mol. The molecule has 36 heteroatoms. The van der Waals surface area contributed by atoms with Crippen molar-refractivity contribution < 1.29 is 163 Å². The molecule has 5 aliphatic carbocycles. The van der Waals surface area contributed by atoms with Crippen molar-refractivity contribution in [2.24, 2.45) is 61.1 Å². The van der Waals surface area contributed by atoms with Crippen molar-refractivity contribution in [1.82, 2.24) is 5.32 Å². The molecule has 0 radical (unpaired) electrons. The zero-order chi connectivity index (χ0) is 77.4. The standard InChI is InChI=1S/C70H113N3O33/c1-28-52(101-58-47(86)41(80)31(76)25-95-58)46(85)50(89)60(97-28)104-55-44(83)40(73-39(79)11-9-8-10-20-71)33(23-74)98-62(55)106-64(93)70-19-18-65(2,3)21-30(70)29-12-13-36-66(4)16-15-38(67(5,27-72-94)35(66)14-17-68(36,6)69(29,7)22-37(70)78)100-63-56(105-61-49(88)45(84)43(82)34(24-75)99-61)53(51(90)54(103-63)57(91)92)102-59-48(87)42(81)32(77)26-96-59/h12,27-28,30-38,40-56,58-63,74-78,80-90,94H,8-11,13-26,71H2,1-7H3,(H,73,79)(H,91,92)/b72-27+/t28?,30?,31-,32-,33+,34?,35-,36?,37?,38+,40?,41?,42+,43+,44?,45+,46?,47?,48?,49?,50?,51+,52+,53+,54?,55?,56?,58+,59+,60+,61+,62+,63-,66?,67-,68?,69-,70-/m1/s1. The number of carbonyl (C=O) groups is 3. The van der Waals surface area contributed by atoms with Gasteiger partial charge in [-0.2, -0.15) is 0 Å². The van der Waals surface area contributed by atoms with Gasteiger partial charge >= 0.3 is 11.9 Å². The van der Waals surface area contributed by atoms with E-state index in [-0.39, 0.29) is 31.6 Å². The summed E-state index contributed by atoms with van der Waals surface area (Å²) >= 11 is 0. The molecule has 106 heavy (non-hydrogen) atoms. The van der Waals surface area contributed by atoms with Crippen molar-refractivity contribution >= 4 is 24.1 Å². The first kappa shape index (κ1) is 83.4. The normalized spacial score (nSPS) is 51.0. The van der Waals surface area contributed by atoms with Gasteiger partial charge in [-0.1, -0.05) is 59.6 Å². The second-order valence-corrected chi connectivity index (χ2v) is 33.1. The van der Waals surface area contributed by atoms with Gasteiger partial charge in [0.2, 0.25) is 12.2 Å². The van der Waals surface area contributed by atoms with E-state index in [0.717, 1.165) is 5.57 Å². The number of nitrogens with two attached hydrogens (primary N) is 1. The maximum Gasteiger partial charge on any atom is 0.335 e. The number of unbranched alkanes of at least 4 members (excludes halogenated alkanes) is 2. The number of hydrogen-bond donors (Lipinski definition) is 20. The van der Waals surface area contributed by atoms with Crippen LogP contribution in [0.25, 0.3) is 0 Å². The maximum atomic E-state index is 16.0. The molecule has 606 valence electrons. The number of fused-ring (bicyclic) bond motifs is 7. The van der Waals surface area contributed by atoms with Gasteiger partial charge in [0.05, 0.1) is 57.0 Å². The molecule has 11 rings (SSSR count). The summed E-state index contributed by atoms with van der Waals surface area (Å²) in [6.45, 7) is 11.4. The van der Waals surface area contributed by atoms with Crippen molar-refractivity contribution in [3.05, 3.63) is 11.6 Å². The van der Waals surface area contributed by atoms with Crippen LogP contribution in [-0.4, -0.2) is 333 Å². The summed E-state index contributed by atoms with van der Waals surface area (Å²) in [7, 11) is 0. The Morgan fingerprint density at radius 3 is 1.81 bits per heavy atom. The molecule has 6 heterocycles. The SMILES string of the molecule is CC1O[C@@H](OC2C(O)C(NC(=O)CCCCCN)[C@H](CO)O[C@H]2OC(=O)[C@]23CCC(C)(C)CC2C2=CCC4C5(C)CC[C@H](O[C@@H]6OC(C(=O)O)[C@@H](O)[C@H](O[C@@H]7OC[C@@H](O)[C@H](O)C7O)C6O[C@@H]6OC(CO)[C@H](O)[C@H](O)C6O)[C@](C)(/C=N/O)[C@@H]5CCC4(C)[C@]2(C)CC3O)C(O)C(O)[C@H]1O[C@@H]1OC[C@@H](O)C(O)C1O. The van der Waals surface area contributed by atoms with Gasteiger partial charge in [0, 0.05) is 11.8 Å². The lowest BCUT2D eigenvalue weighted by Crippen LogP contribution is -2.70. The monoisotopic (exact) mass is 1520 g/mol. The van der Waals surface area contributed by atoms with Crippen molar-refractivity contribution in [3.63, 3.8) is 0 Å². The number of carboxylic acids is 1. The van der Waals surface area contributed by atoms with Crippen LogP contribution in [0.2, 0.25) is 0 Å². The van der Waals surface area contributed by atoms with E-state index in [0.29, 0.717) is 64.3 Å². The largest absolute Gasteiger partial charge is 0.479 e. The zero-order valence-electron chi connectivity index (χ0n) is 60.6. The molecule has 36 nitrogen and oxygen atoms in total. The number of allylic oxidation sites excluding steroid dienone is 2. The number of hydrogen-bond acceptors (Lipinski definition) is 34. The molecular formula is C70H113N3O33. The number of carboxylic acid groups (broad SMARTS) is 1. The Balaban J connectivity index is 0.882. The Kier molecular flexibility index (Phi) is 25.6. The van der Waals surface area contributed by atoms with Crippen molar-refractivity contribution in [2.45, 2.75) is 316 Å². The van der Waals surface area contributed by atoms with Crippen LogP contribution in [0.1, 0.15) is 132 Å². The van der Waals surface area contributed by atoms with Gasteiger partial charge in [0.25, 0.3) is 0 Å². The highest BCUT2D eigenvalue weighted by molar-refractivity contribution is 5.80. The molecule has 38 atom stereocenters. The van der Waals surface area contributed by atoms with Crippen LogP contribution < -0.4 is 11.1 Å². The van der Waals surface area contributed by atoms with E-state index in [9.17, 15) is 102 Å². The molecule has 0 bridgehead atoms. The van der Waals surface area contributed by atoms with E-state index in [4.69, 9.17) is 62.6 Å². The Morgan fingerprint density at radius 2 is 1.19 bits per heavy atom. The molecule has 4 saturated carbocycles. The highest BCUT2D eigenvalue weighted by Gasteiger charge is 2.73. The van der Waals surface area contributed by atoms with Gasteiger partial charge < -0.3 is 160 Å². The Morgan fingerprint density at radius 1 is 0.594 bits per heavy atom. The molecule has 0 spiro atoms. The Labute approximate surface area is 612 Å². The molecule has 10 fully saturated rings. The fourth-order valence-corrected chi connectivity index (χ4v) is 20.0. The van der Waals surface area contributed by atoms with E-state index < -0.39 is 273 Å². The summed E-state index contributed by atoms with van der Waals surface area (Å²) in [6, 6.07) is -1.44. The molecule has 6 aliphatic heterocycles. The third-order valence-electron chi connectivity index (χ3n) is 26.3. The number of nitrogens with one attached hydrogen (secondary N) is 1. The summed E-state index contributed by atoms with van der Waals surface area (Å²) in [5.74, 6) is -4.60. The summed E-state index contributed by atoms with van der Waals surface area (Å²) in [5.41, 5.74) is 0.902. The molecular weight excluding hydrogens is 1410 g/mol. The third-order valence-corrected chi connectivity index (χ3v) is 26.3. The van der Waals surface area contributed by atoms with Crippen LogP contribution in [0.3, 0.4) is 0 Å². The number of esters is 1. The van der Waals surface area contributed by atoms with E-state index in [1.54, 1.807) is 6.92 Å². The molecule has 0 aromatic heterocycles. The number of amides is 1. The molecule has 0 aromatic carbocycles. The van der Waals surface area contributed by atoms with Crippen molar-refractivity contribution in [3.8, 4) is 0 Å². The van der Waals surface area contributed by atoms with Crippen LogP contribution >= 0.6 is 0 Å². The molecule has 6 saturated heterocycles. The summed E-state index contributed by atoms with van der Waals surface area (Å²) in [4.78, 5) is 42.6. The maximum absolute atomic E-state index is 16.0. The number of aliphatic hydroxyl groups excluding tert-OH is 16. The Hall–Kier alpha value is -3.50. The Bertz CT molecular complexity index is 3090. The molecule has 0 aromatic rings. The lowest BCUT2D eigenvalue weighted by atomic mass is 9.33. The van der Waals surface area contributed by atoms with Gasteiger partial charge in [0.1, 0.15) is 115 Å². The van der Waals surface area contributed by atoms with Crippen LogP contribution in [0.4, 0.5) is 0 Å². The van der Waals surface area contributed by atoms with Crippen molar-refractivity contribution in [2.75, 3.05) is 33.0 Å². The minimum atomic E-state index is -2.22. The van der Waals surface area contributed by atoms with Crippen LogP contribution in [0.5, 0.6) is 0 Å². The summed E-state index contributed by atoms with van der Waals surface area (Å²) in [6.07, 6.45) is -44.0. The first-order valence-electron chi connectivity index (χ1n) is 37.1. The number of rotatable bonds is 22. The number of ether oxygens (including phenoxy) is 12. The lowest BCUT2D eigenvalue weighted by molar-refractivity contribution is -0.391. The topological polar surface area (TPSA) is 577 Å². The number of oxime groups is 1. The van der Waals surface area contributed by atoms with Gasteiger partial charge in [-0.3, -0.25) is 9.59 Å². The predicted octanol–water partition coefficient (Wildman–Crippen LogP) is -4.93. The van der Waals surface area contributed by atoms with Gasteiger partial charge in [-0.25, -0.2) is 4.79 Å². The highest BCUT2D eigenvalue weighted by Crippen LogP contribution is 2.76. The van der Waals surface area contributed by atoms with E-state index >= 15 is 4.79 Å². The minimum Gasteiger partial charge on any atom is -0.479 e. The zero-order valence-corrected chi connectivity index (χ0v) is 60.6. The number of aliphatic hydroxyl groups is 16. The van der Waals surface area contributed by atoms with Gasteiger partial charge in [-0.05, 0) is 124 Å². The smallest absolute Gasteiger partial charge is 0.335 e. The van der Waals surface area contributed by atoms with Crippen molar-refractivity contribution in [1.29, 1.82) is 0 Å². The molecule has 18 unspecified atom stereocenters. The third kappa shape index (κ3) is 15.0. The second kappa shape index (κ2) is 32.5. The first-order valence-corrected chi connectivity index (χ1v) is 37.1. The molecule has 11 aliphatic rings. The second-order valence-electron chi connectivity index (χ2n) is 33.1. The van der Waals surface area contributed by atoms with Crippen LogP contribution in [0, 0.1) is 50.2 Å². The summed E-state index contributed by atoms with van der Waals surface area (Å²) < 4.78 is 73.0.